The van der Waals surface area contributed by atoms with Crippen LogP contribution in [-0.2, 0) is 11.3 Å². The highest BCUT2D eigenvalue weighted by molar-refractivity contribution is 5.14. The highest BCUT2D eigenvalue weighted by Gasteiger charge is 2.32. The normalized spacial score (nSPS) is 26.0. The lowest BCUT2D eigenvalue weighted by Crippen LogP contribution is -2.50. The van der Waals surface area contributed by atoms with Crippen molar-refractivity contribution in [3.63, 3.8) is 0 Å². The number of methoxy groups -OCH3 is 1. The lowest BCUT2D eigenvalue weighted by Gasteiger charge is -2.38. The quantitative estimate of drug-likeness (QED) is 0.861. The average molecular weight is 235 g/mol. The van der Waals surface area contributed by atoms with Crippen LogP contribution < -0.4 is 0 Å². The van der Waals surface area contributed by atoms with Crippen molar-refractivity contribution in [1.29, 1.82) is 0 Å². The number of hydrogen-bond acceptors (Lipinski definition) is 3. The first-order valence-corrected chi connectivity index (χ1v) is 6.19. The Bertz CT molecular complexity index is 337. The SMILES string of the molecule is COCC1(O)CCCN(Cc2ccccc2)C1. The van der Waals surface area contributed by atoms with Crippen LogP contribution in [0.1, 0.15) is 18.4 Å². The Morgan fingerprint density at radius 3 is 2.82 bits per heavy atom. The molecule has 0 radical (unpaired) electrons. The van der Waals surface area contributed by atoms with Gasteiger partial charge < -0.3 is 9.84 Å². The highest BCUT2D eigenvalue weighted by Crippen LogP contribution is 2.22. The Kier molecular flexibility index (Phi) is 4.15. The van der Waals surface area contributed by atoms with Gasteiger partial charge in [-0.1, -0.05) is 30.3 Å². The molecule has 94 valence electrons. The standard InChI is InChI=1S/C14H21NO2/c1-17-12-14(16)8-5-9-15(11-14)10-13-6-3-2-4-7-13/h2-4,6-7,16H,5,8-12H2,1H3. The molecule has 3 nitrogen and oxygen atoms in total. The Labute approximate surface area is 103 Å². The third kappa shape index (κ3) is 3.53. The minimum atomic E-state index is -0.665. The third-order valence-corrected chi connectivity index (χ3v) is 3.30. The second-order valence-electron chi connectivity index (χ2n) is 4.96. The molecule has 1 atom stereocenters. The fraction of sp³-hybridized carbons (Fsp3) is 0.571. The number of ether oxygens (including phenoxy) is 1. The van der Waals surface area contributed by atoms with Crippen LogP contribution in [-0.4, -0.2) is 42.4 Å². The van der Waals surface area contributed by atoms with Gasteiger partial charge in [0.15, 0.2) is 0 Å². The summed E-state index contributed by atoms with van der Waals surface area (Å²) in [7, 11) is 1.65. The molecule has 1 aliphatic rings. The van der Waals surface area contributed by atoms with Crippen molar-refractivity contribution >= 4 is 0 Å². The van der Waals surface area contributed by atoms with Crippen molar-refractivity contribution in [2.24, 2.45) is 0 Å². The largest absolute Gasteiger partial charge is 0.386 e. The molecule has 1 aromatic carbocycles. The number of piperidine rings is 1. The average Bonchev–Trinajstić information content (AvgIpc) is 2.30. The molecule has 3 heteroatoms. The Morgan fingerprint density at radius 2 is 2.12 bits per heavy atom. The molecule has 0 aromatic heterocycles. The van der Waals surface area contributed by atoms with E-state index in [-0.39, 0.29) is 0 Å². The van der Waals surface area contributed by atoms with Gasteiger partial charge in [-0.15, -0.1) is 0 Å². The lowest BCUT2D eigenvalue weighted by atomic mass is 9.93. The molecule has 1 saturated heterocycles. The molecule has 0 spiro atoms. The van der Waals surface area contributed by atoms with E-state index in [2.05, 4.69) is 29.2 Å². The maximum Gasteiger partial charge on any atom is 0.101 e. The lowest BCUT2D eigenvalue weighted by molar-refractivity contribution is -0.0791. The zero-order valence-electron chi connectivity index (χ0n) is 10.4. The van der Waals surface area contributed by atoms with Gasteiger partial charge in [-0.3, -0.25) is 4.90 Å². The molecule has 0 bridgehead atoms. The number of likely N-dealkylation sites (tertiary alicyclic amines) is 1. The van der Waals surface area contributed by atoms with Gasteiger partial charge in [-0.05, 0) is 24.9 Å². The molecule has 17 heavy (non-hydrogen) atoms. The predicted molar refractivity (Wildman–Crippen MR) is 67.8 cm³/mol. The number of benzene rings is 1. The number of nitrogens with zero attached hydrogens (tertiary/aromatic N) is 1. The molecule has 0 saturated carbocycles. The van der Waals surface area contributed by atoms with Gasteiger partial charge in [-0.2, -0.15) is 0 Å². The molecule has 1 aromatic rings. The van der Waals surface area contributed by atoms with Gasteiger partial charge in [0, 0.05) is 20.2 Å². The molecule has 0 aliphatic carbocycles. The zero-order valence-corrected chi connectivity index (χ0v) is 10.4. The Morgan fingerprint density at radius 1 is 1.35 bits per heavy atom. The maximum atomic E-state index is 10.4. The van der Waals surface area contributed by atoms with E-state index in [9.17, 15) is 5.11 Å². The molecule has 1 N–H and O–H groups in total. The van der Waals surface area contributed by atoms with Crippen LogP contribution in [0.15, 0.2) is 30.3 Å². The third-order valence-electron chi connectivity index (χ3n) is 3.30. The summed E-state index contributed by atoms with van der Waals surface area (Å²) in [5.41, 5.74) is 0.635. The van der Waals surface area contributed by atoms with E-state index >= 15 is 0 Å². The second kappa shape index (κ2) is 5.63. The first kappa shape index (κ1) is 12.6. The number of aliphatic hydroxyl groups is 1. The van der Waals surface area contributed by atoms with Crippen molar-refractivity contribution in [1.82, 2.24) is 4.90 Å². The van der Waals surface area contributed by atoms with Crippen LogP contribution in [0.2, 0.25) is 0 Å². The number of β-amino-alcohol motifs (C(OH)–C–C–N with tert-alkyl or cyclic N) is 1. The molecule has 1 unspecified atom stereocenters. The van der Waals surface area contributed by atoms with Crippen molar-refractivity contribution in [3.8, 4) is 0 Å². The maximum absolute atomic E-state index is 10.4. The van der Waals surface area contributed by atoms with Crippen LogP contribution in [0.5, 0.6) is 0 Å². The van der Waals surface area contributed by atoms with E-state index in [1.54, 1.807) is 7.11 Å². The van der Waals surface area contributed by atoms with Gasteiger partial charge in [0.25, 0.3) is 0 Å². The Balaban J connectivity index is 1.94. The molecule has 1 heterocycles. The van der Waals surface area contributed by atoms with E-state index in [1.807, 2.05) is 6.07 Å². The minimum absolute atomic E-state index is 0.429. The van der Waals surface area contributed by atoms with E-state index < -0.39 is 5.60 Å². The van der Waals surface area contributed by atoms with E-state index in [4.69, 9.17) is 4.74 Å². The van der Waals surface area contributed by atoms with E-state index in [0.29, 0.717) is 13.2 Å². The summed E-state index contributed by atoms with van der Waals surface area (Å²) in [6, 6.07) is 10.4. The minimum Gasteiger partial charge on any atom is -0.386 e. The molecule has 0 amide bonds. The topological polar surface area (TPSA) is 32.7 Å². The Hall–Kier alpha value is -0.900. The smallest absolute Gasteiger partial charge is 0.101 e. The summed E-state index contributed by atoms with van der Waals surface area (Å²) < 4.78 is 5.11. The summed E-state index contributed by atoms with van der Waals surface area (Å²) in [5.74, 6) is 0. The molecular weight excluding hydrogens is 214 g/mol. The van der Waals surface area contributed by atoms with Crippen LogP contribution in [0.4, 0.5) is 0 Å². The van der Waals surface area contributed by atoms with Crippen LogP contribution in [0.25, 0.3) is 0 Å². The van der Waals surface area contributed by atoms with Gasteiger partial charge in [-0.25, -0.2) is 0 Å². The molecule has 1 aliphatic heterocycles. The van der Waals surface area contributed by atoms with Crippen molar-refractivity contribution < 1.29 is 9.84 Å². The molecule has 1 fully saturated rings. The summed E-state index contributed by atoms with van der Waals surface area (Å²) in [5, 5.41) is 10.4. The van der Waals surface area contributed by atoms with Crippen molar-refractivity contribution in [3.05, 3.63) is 35.9 Å². The number of hydrogen-bond donors (Lipinski definition) is 1. The van der Waals surface area contributed by atoms with Gasteiger partial charge in [0.1, 0.15) is 5.60 Å². The second-order valence-corrected chi connectivity index (χ2v) is 4.96. The highest BCUT2D eigenvalue weighted by atomic mass is 16.5. The monoisotopic (exact) mass is 235 g/mol. The van der Waals surface area contributed by atoms with Crippen molar-refractivity contribution in [2.45, 2.75) is 25.0 Å². The van der Waals surface area contributed by atoms with Gasteiger partial charge >= 0.3 is 0 Å². The summed E-state index contributed by atoms with van der Waals surface area (Å²) in [6.45, 7) is 3.10. The van der Waals surface area contributed by atoms with Gasteiger partial charge in [0.2, 0.25) is 0 Å². The fourth-order valence-electron chi connectivity index (χ4n) is 2.57. The summed E-state index contributed by atoms with van der Waals surface area (Å²) in [6.07, 6.45) is 1.87. The summed E-state index contributed by atoms with van der Waals surface area (Å²) >= 11 is 0. The van der Waals surface area contributed by atoms with E-state index in [1.165, 1.54) is 5.56 Å². The number of rotatable bonds is 4. The zero-order chi connectivity index (χ0) is 12.1. The predicted octanol–water partition coefficient (Wildman–Crippen LogP) is 1.66. The first-order chi connectivity index (χ1) is 8.22. The molecular formula is C14H21NO2. The van der Waals surface area contributed by atoms with Crippen LogP contribution >= 0.6 is 0 Å². The first-order valence-electron chi connectivity index (χ1n) is 6.19. The fourth-order valence-corrected chi connectivity index (χ4v) is 2.57. The van der Waals surface area contributed by atoms with Crippen LogP contribution in [0, 0.1) is 0 Å². The van der Waals surface area contributed by atoms with Crippen molar-refractivity contribution in [2.75, 3.05) is 26.8 Å². The van der Waals surface area contributed by atoms with Gasteiger partial charge in [0.05, 0.1) is 6.61 Å². The molecule has 2 rings (SSSR count). The van der Waals surface area contributed by atoms with Crippen LogP contribution in [0.3, 0.4) is 0 Å². The summed E-state index contributed by atoms with van der Waals surface area (Å²) in [4.78, 5) is 2.30. The van der Waals surface area contributed by atoms with E-state index in [0.717, 1.165) is 25.9 Å².